The van der Waals surface area contributed by atoms with E-state index in [4.69, 9.17) is 68.0 Å². The summed E-state index contributed by atoms with van der Waals surface area (Å²) in [5.74, 6) is -3.85. The third kappa shape index (κ3) is 8.27. The van der Waals surface area contributed by atoms with Crippen molar-refractivity contribution >= 4 is 70.4 Å². The second-order valence-corrected chi connectivity index (χ2v) is 22.9. The number of ether oxygens (including phenoxy) is 7. The minimum Gasteiger partial charge on any atom is -0.469 e. The molecule has 0 N–H and O–H groups in total. The number of hydrogen-bond donors (Lipinski definition) is 0. The van der Waals surface area contributed by atoms with Gasteiger partial charge in [0.2, 0.25) is 0 Å². The molecule has 1 aliphatic heterocycles. The van der Waals surface area contributed by atoms with Crippen molar-refractivity contribution in [2.45, 2.75) is 168 Å². The molecule has 4 unspecified atom stereocenters. The van der Waals surface area contributed by atoms with Crippen molar-refractivity contribution in [2.24, 2.45) is 50.2 Å². The Morgan fingerprint density at radius 3 is 2.00 bits per heavy atom. The van der Waals surface area contributed by atoms with Gasteiger partial charge in [0.1, 0.15) is 12.7 Å². The maximum absolute atomic E-state index is 15.0. The number of fused-ring (bicyclic) bond motifs is 7. The van der Waals surface area contributed by atoms with E-state index in [9.17, 15) is 24.0 Å². The molecule has 0 aromatic heterocycles. The van der Waals surface area contributed by atoms with Gasteiger partial charge < -0.3 is 33.2 Å². The van der Waals surface area contributed by atoms with Gasteiger partial charge in [0.05, 0.1) is 18.6 Å². The third-order valence-corrected chi connectivity index (χ3v) is 17.1. The molecule has 16 heteroatoms. The number of esters is 5. The van der Waals surface area contributed by atoms with E-state index >= 15 is 4.79 Å². The zero-order valence-corrected chi connectivity index (χ0v) is 39.6. The minimum absolute atomic E-state index is 0.0170. The maximum atomic E-state index is 15.0. The van der Waals surface area contributed by atoms with Crippen molar-refractivity contribution in [2.75, 3.05) is 13.7 Å². The van der Waals surface area contributed by atoms with Crippen LogP contribution in [0.25, 0.3) is 0 Å². The lowest BCUT2D eigenvalue weighted by Crippen LogP contribution is -2.68. The van der Waals surface area contributed by atoms with Crippen LogP contribution in [0, 0.1) is 50.2 Å². The van der Waals surface area contributed by atoms with Crippen molar-refractivity contribution in [3.63, 3.8) is 0 Å². The first-order valence-electron chi connectivity index (χ1n) is 21.5. The fraction of sp³-hybridized carbons (Fsp3) is 0.822. The molecule has 0 radical (unpaired) electrons. The molecule has 1 heterocycles. The summed E-state index contributed by atoms with van der Waals surface area (Å²) < 4.78 is 38.1. The van der Waals surface area contributed by atoms with Crippen LogP contribution in [0.4, 0.5) is 0 Å². The first-order chi connectivity index (χ1) is 28.1. The van der Waals surface area contributed by atoms with E-state index in [0.29, 0.717) is 19.3 Å². The molecule has 14 atom stereocenters. The summed E-state index contributed by atoms with van der Waals surface area (Å²) in [7, 11) is 1.45. The number of hydrogen-bond acceptors (Lipinski definition) is 13. The average Bonchev–Trinajstić information content (AvgIpc) is 3.14. The zero-order valence-electron chi connectivity index (χ0n) is 37.3. The van der Waals surface area contributed by atoms with Crippen LogP contribution in [0.3, 0.4) is 0 Å². The molecule has 61 heavy (non-hydrogen) atoms. The smallest absolute Gasteiger partial charge is 0.359 e. The van der Waals surface area contributed by atoms with Crippen molar-refractivity contribution in [3.05, 3.63) is 11.6 Å². The Bertz CT molecular complexity index is 1840. The van der Waals surface area contributed by atoms with Gasteiger partial charge in [-0.15, -0.1) is 0 Å². The predicted octanol–water partition coefficient (Wildman–Crippen LogP) is 7.96. The second kappa shape index (κ2) is 16.5. The predicted molar refractivity (Wildman–Crippen MR) is 223 cm³/mol. The number of ketones is 1. The fourth-order valence-corrected chi connectivity index (χ4v) is 13.4. The highest BCUT2D eigenvalue weighted by atomic mass is 35.6. The van der Waals surface area contributed by atoms with E-state index in [1.54, 1.807) is 0 Å². The first-order valence-corrected chi connectivity index (χ1v) is 22.6. The van der Waals surface area contributed by atoms with Crippen LogP contribution in [0.1, 0.15) is 127 Å². The largest absolute Gasteiger partial charge is 0.469 e. The molecule has 0 aromatic carbocycles. The van der Waals surface area contributed by atoms with Crippen molar-refractivity contribution in [1.82, 2.24) is 0 Å². The van der Waals surface area contributed by atoms with Crippen LogP contribution in [-0.4, -0.2) is 89.9 Å². The summed E-state index contributed by atoms with van der Waals surface area (Å²) in [4.78, 5) is 78.2. The van der Waals surface area contributed by atoms with Gasteiger partial charge in [-0.2, -0.15) is 0 Å². The van der Waals surface area contributed by atoms with Gasteiger partial charge >= 0.3 is 29.8 Å². The van der Waals surface area contributed by atoms with E-state index in [0.717, 1.165) is 52.4 Å². The number of allylic oxidation sites excluding steroid dienone is 2. The lowest BCUT2D eigenvalue weighted by molar-refractivity contribution is -0.332. The average molecular weight is 918 g/mol. The topological polar surface area (TPSA) is 167 Å². The first kappa shape index (κ1) is 48.0. The molecule has 5 aliphatic carbocycles. The molecule has 0 bridgehead atoms. The highest BCUT2D eigenvalue weighted by Crippen LogP contribution is 2.75. The molecule has 5 fully saturated rings. The number of carbonyl (C=O) groups is 6. The van der Waals surface area contributed by atoms with Gasteiger partial charge in [0.15, 0.2) is 30.4 Å². The van der Waals surface area contributed by atoms with Crippen molar-refractivity contribution < 1.29 is 61.9 Å². The van der Waals surface area contributed by atoms with Gasteiger partial charge in [-0.1, -0.05) is 81.9 Å². The Labute approximate surface area is 374 Å². The van der Waals surface area contributed by atoms with Crippen molar-refractivity contribution in [1.29, 1.82) is 0 Å². The quantitative estimate of drug-likeness (QED) is 0.0997. The Morgan fingerprint density at radius 1 is 0.787 bits per heavy atom. The molecule has 0 spiro atoms. The van der Waals surface area contributed by atoms with E-state index in [-0.39, 0.29) is 45.8 Å². The molecule has 6 aliphatic rings. The monoisotopic (exact) mass is 916 g/mol. The highest BCUT2D eigenvalue weighted by molar-refractivity contribution is 6.75. The van der Waals surface area contributed by atoms with Crippen LogP contribution in [0.15, 0.2) is 11.6 Å². The summed E-state index contributed by atoms with van der Waals surface area (Å²) >= 11 is 17.8. The summed E-state index contributed by atoms with van der Waals surface area (Å²) in [6, 6.07) is 0. The van der Waals surface area contributed by atoms with Crippen LogP contribution < -0.4 is 0 Å². The molecule has 0 amide bonds. The van der Waals surface area contributed by atoms with E-state index in [1.807, 2.05) is 13.0 Å². The molecular formula is C45H63Cl3O13. The molecule has 0 aromatic rings. The van der Waals surface area contributed by atoms with E-state index in [2.05, 4.69) is 41.5 Å². The second-order valence-electron chi connectivity index (χ2n) is 20.6. The number of alkyl halides is 3. The number of rotatable bonds is 8. The van der Waals surface area contributed by atoms with Gasteiger partial charge in [0.25, 0.3) is 3.79 Å². The molecular weight excluding hydrogens is 855 g/mol. The normalized spacial score (nSPS) is 42.8. The van der Waals surface area contributed by atoms with Gasteiger partial charge in [-0.3, -0.25) is 24.0 Å². The fourth-order valence-electron chi connectivity index (χ4n) is 13.3. The van der Waals surface area contributed by atoms with Gasteiger partial charge in [0, 0.05) is 26.7 Å². The van der Waals surface area contributed by atoms with E-state index in [1.165, 1.54) is 19.6 Å². The Morgan fingerprint density at radius 2 is 1.41 bits per heavy atom. The molecule has 1 saturated heterocycles. The molecule has 4 saturated carbocycles. The van der Waals surface area contributed by atoms with Gasteiger partial charge in [-0.25, -0.2) is 4.79 Å². The Balaban J connectivity index is 1.34. The van der Waals surface area contributed by atoms with Gasteiger partial charge in [-0.05, 0) is 110 Å². The molecule has 13 nitrogen and oxygen atoms in total. The summed E-state index contributed by atoms with van der Waals surface area (Å²) in [5.41, 5.74) is -1.13. The maximum Gasteiger partial charge on any atom is 0.359 e. The number of halogens is 3. The highest BCUT2D eigenvalue weighted by Gasteiger charge is 2.71. The van der Waals surface area contributed by atoms with Crippen LogP contribution in [-0.2, 0) is 61.9 Å². The minimum atomic E-state index is -2.55. The lowest BCUT2D eigenvalue weighted by Gasteiger charge is -2.70. The molecule has 6 rings (SSSR count). The summed E-state index contributed by atoms with van der Waals surface area (Å²) in [6.07, 6.45) is 1.06. The Kier molecular flexibility index (Phi) is 13.0. The zero-order chi connectivity index (χ0) is 45.5. The van der Waals surface area contributed by atoms with Crippen LogP contribution in [0.5, 0.6) is 0 Å². The lowest BCUT2D eigenvalue weighted by atomic mass is 9.33. The number of methoxy groups -OCH3 is 1. The van der Waals surface area contributed by atoms with Crippen LogP contribution >= 0.6 is 34.8 Å². The Hall–Kier alpha value is -2.45. The molecule has 342 valence electrons. The van der Waals surface area contributed by atoms with Crippen molar-refractivity contribution in [3.8, 4) is 0 Å². The van der Waals surface area contributed by atoms with E-state index < -0.39 is 87.3 Å². The number of carbonyl (C=O) groups excluding carboxylic acids is 6. The standard InChI is InChI=1S/C45H63Cl3O13/c1-23(49)56-22-29-32(57-24(2)50)33(58-25(3)51)34(61-38(54)45(46,47)48)36(59-29)60-31-13-14-42(8)30(39(31,4)5)12-15-44(10)35(42)28(52)20-26-27-21-41(7,37(53)55-11)17-16-40(27,6)18-19-43(26,44)9/h20,27,29-36H,12-19,21-22H2,1-11H3/t27?,29-,30?,31?,32-,33+,34-,35?,36+,40-,41+,42+,43-,44-/m1/s1. The summed E-state index contributed by atoms with van der Waals surface area (Å²) in [6.45, 7) is 18.5. The summed E-state index contributed by atoms with van der Waals surface area (Å²) in [5, 5.41) is 0. The SMILES string of the molecule is COC(=O)[C@@]1(C)CC[C@]2(C)CC[C@]3(C)C(=CC(=O)C4[C@@]5(C)CCC(O[C@@H]6O[C@H](COC(C)=O)[C@@H](OC(C)=O)[C@H](OC(C)=O)[C@H]6OC(=O)C(Cl)(Cl)Cl)C(C)(C)C5CC[C@]43C)C2C1. The van der Waals surface area contributed by atoms with Crippen LogP contribution in [0.2, 0.25) is 0 Å². The third-order valence-electron chi connectivity index (χ3n) is 16.6.